The number of anilines is 1. The van der Waals surface area contributed by atoms with Crippen molar-refractivity contribution in [3.05, 3.63) is 71.9 Å². The molecule has 8 heteroatoms. The Balaban J connectivity index is 1.31. The number of allylic oxidation sites excluding steroid dienone is 1. The number of likely N-dealkylation sites (tertiary alicyclic amines) is 1. The van der Waals surface area contributed by atoms with Gasteiger partial charge in [-0.15, -0.1) is 0 Å². The van der Waals surface area contributed by atoms with Gasteiger partial charge in [0.2, 0.25) is 11.7 Å². The Morgan fingerprint density at radius 2 is 1.88 bits per heavy atom. The number of ketones is 1. The predicted molar refractivity (Wildman–Crippen MR) is 121 cm³/mol. The number of hydrogen-bond donors (Lipinski definition) is 1. The zero-order chi connectivity index (χ0) is 22.8. The number of fused-ring (bicyclic) bond motifs is 1. The first kappa shape index (κ1) is 20.6. The van der Waals surface area contributed by atoms with Crippen LogP contribution in [0.15, 0.2) is 65.0 Å². The van der Waals surface area contributed by atoms with Gasteiger partial charge in [0.1, 0.15) is 6.26 Å². The standard InChI is InChI=1S/C25H21N5O3/c26-14-19(16-4-2-1-3-5-16)17-7-11-30(12-8-17)25(32)23(31)20-15-29-21-18(6-9-27-22(20)21)24-28-10-13-33-24/h1-6,9-10,13,20,29H,7-8,11-12,15H2. The number of carbonyl (C=O) groups is 2. The van der Waals surface area contributed by atoms with Crippen LogP contribution >= 0.6 is 0 Å². The Labute approximate surface area is 190 Å². The maximum absolute atomic E-state index is 13.1. The van der Waals surface area contributed by atoms with E-state index < -0.39 is 17.6 Å². The number of hydrogen-bond acceptors (Lipinski definition) is 7. The summed E-state index contributed by atoms with van der Waals surface area (Å²) in [7, 11) is 0. The fourth-order valence-electron chi connectivity index (χ4n) is 4.47. The van der Waals surface area contributed by atoms with Crippen LogP contribution in [0.4, 0.5) is 5.69 Å². The number of rotatable bonds is 4. The van der Waals surface area contributed by atoms with E-state index in [0.29, 0.717) is 60.9 Å². The van der Waals surface area contributed by atoms with Gasteiger partial charge in [-0.2, -0.15) is 5.26 Å². The van der Waals surface area contributed by atoms with Crippen molar-refractivity contribution in [2.75, 3.05) is 25.0 Å². The van der Waals surface area contributed by atoms with Crippen LogP contribution in [0.2, 0.25) is 0 Å². The average molecular weight is 439 g/mol. The van der Waals surface area contributed by atoms with Crippen LogP contribution in [0.5, 0.6) is 0 Å². The predicted octanol–water partition coefficient (Wildman–Crippen LogP) is 3.41. The van der Waals surface area contributed by atoms with Crippen LogP contribution in [0, 0.1) is 11.3 Å². The molecule has 1 aromatic carbocycles. The molecule has 8 nitrogen and oxygen atoms in total. The van der Waals surface area contributed by atoms with E-state index in [0.717, 1.165) is 11.1 Å². The third-order valence-electron chi connectivity index (χ3n) is 6.17. The SMILES string of the molecule is N#CC(=C1CCN(C(=O)C(=O)C2CNc3c(-c4ncco4)ccnc32)CC1)c1ccccc1. The van der Waals surface area contributed by atoms with E-state index in [1.165, 1.54) is 6.26 Å². The van der Waals surface area contributed by atoms with Crippen LogP contribution in [0.1, 0.15) is 30.0 Å². The maximum Gasteiger partial charge on any atom is 0.290 e. The highest BCUT2D eigenvalue weighted by Gasteiger charge is 2.38. The number of pyridine rings is 1. The smallest absolute Gasteiger partial charge is 0.290 e. The average Bonchev–Trinajstić information content (AvgIpc) is 3.55. The monoisotopic (exact) mass is 439 g/mol. The lowest BCUT2D eigenvalue weighted by molar-refractivity contribution is -0.145. The van der Waals surface area contributed by atoms with Crippen molar-refractivity contribution in [2.45, 2.75) is 18.8 Å². The number of benzene rings is 1. The van der Waals surface area contributed by atoms with Crippen LogP contribution in [-0.4, -0.2) is 46.2 Å². The lowest BCUT2D eigenvalue weighted by Crippen LogP contribution is -2.42. The summed E-state index contributed by atoms with van der Waals surface area (Å²) in [6, 6.07) is 13.6. The lowest BCUT2D eigenvalue weighted by Gasteiger charge is -2.29. The number of nitrogens with zero attached hydrogens (tertiary/aromatic N) is 4. The molecule has 5 rings (SSSR count). The largest absolute Gasteiger partial charge is 0.444 e. The van der Waals surface area contributed by atoms with Gasteiger partial charge in [-0.25, -0.2) is 4.98 Å². The van der Waals surface area contributed by atoms with Crippen molar-refractivity contribution in [3.8, 4) is 17.5 Å². The summed E-state index contributed by atoms with van der Waals surface area (Å²) in [5, 5.41) is 12.9. The first-order valence-corrected chi connectivity index (χ1v) is 10.8. The Kier molecular flexibility index (Phi) is 5.45. The summed E-state index contributed by atoms with van der Waals surface area (Å²) >= 11 is 0. The minimum atomic E-state index is -0.654. The molecule has 1 saturated heterocycles. The summed E-state index contributed by atoms with van der Waals surface area (Å²) in [4.78, 5) is 36.3. The zero-order valence-corrected chi connectivity index (χ0v) is 17.8. The minimum Gasteiger partial charge on any atom is -0.444 e. The number of nitriles is 1. The highest BCUT2D eigenvalue weighted by atomic mass is 16.3. The first-order chi connectivity index (χ1) is 16.2. The molecule has 1 unspecified atom stereocenters. The normalized spacial score (nSPS) is 17.1. The molecule has 2 aliphatic rings. The first-order valence-electron chi connectivity index (χ1n) is 10.8. The van der Waals surface area contributed by atoms with Crippen molar-refractivity contribution in [1.82, 2.24) is 14.9 Å². The van der Waals surface area contributed by atoms with Gasteiger partial charge in [-0.3, -0.25) is 14.6 Å². The summed E-state index contributed by atoms with van der Waals surface area (Å²) < 4.78 is 5.39. The summed E-state index contributed by atoms with van der Waals surface area (Å²) in [6.45, 7) is 1.12. The molecule has 1 N–H and O–H groups in total. The van der Waals surface area contributed by atoms with Crippen LogP contribution in [0.25, 0.3) is 17.0 Å². The molecule has 0 radical (unpaired) electrons. The van der Waals surface area contributed by atoms with Crippen molar-refractivity contribution >= 4 is 23.0 Å². The van der Waals surface area contributed by atoms with Gasteiger partial charge in [0.15, 0.2) is 0 Å². The number of Topliss-reactive ketones (excluding diaryl/α,β-unsaturated/α-hetero) is 1. The van der Waals surface area contributed by atoms with Crippen molar-refractivity contribution in [3.63, 3.8) is 0 Å². The lowest BCUT2D eigenvalue weighted by atomic mass is 9.93. The number of amides is 1. The molecule has 1 fully saturated rings. The Hall–Kier alpha value is -4.25. The van der Waals surface area contributed by atoms with E-state index in [9.17, 15) is 14.9 Å². The second-order valence-corrected chi connectivity index (χ2v) is 8.00. The fraction of sp³-hybridized carbons (Fsp3) is 0.240. The third kappa shape index (κ3) is 3.78. The highest BCUT2D eigenvalue weighted by Crippen LogP contribution is 2.38. The number of aromatic nitrogens is 2. The molecular weight excluding hydrogens is 418 g/mol. The molecule has 0 aliphatic carbocycles. The molecule has 0 saturated carbocycles. The summed E-state index contributed by atoms with van der Waals surface area (Å²) in [6.07, 6.45) is 5.78. The highest BCUT2D eigenvalue weighted by molar-refractivity contribution is 6.38. The van der Waals surface area contributed by atoms with E-state index in [2.05, 4.69) is 21.4 Å². The van der Waals surface area contributed by atoms with Gasteiger partial charge in [-0.05, 0) is 30.0 Å². The van der Waals surface area contributed by atoms with E-state index in [1.54, 1.807) is 23.4 Å². The van der Waals surface area contributed by atoms with E-state index in [-0.39, 0.29) is 0 Å². The van der Waals surface area contributed by atoms with Crippen LogP contribution < -0.4 is 5.32 Å². The minimum absolute atomic E-state index is 0.302. The Morgan fingerprint density at radius 3 is 2.58 bits per heavy atom. The number of oxazole rings is 1. The van der Waals surface area contributed by atoms with E-state index in [4.69, 9.17) is 4.42 Å². The molecular formula is C25H21N5O3. The van der Waals surface area contributed by atoms with E-state index >= 15 is 0 Å². The second-order valence-electron chi connectivity index (χ2n) is 8.00. The molecule has 164 valence electrons. The molecule has 0 spiro atoms. The Bertz CT molecular complexity index is 1270. The Morgan fingerprint density at radius 1 is 1.09 bits per heavy atom. The van der Waals surface area contributed by atoms with Crippen molar-refractivity contribution in [1.29, 1.82) is 5.26 Å². The molecule has 2 aliphatic heterocycles. The number of nitrogens with one attached hydrogen (secondary N) is 1. The topological polar surface area (TPSA) is 112 Å². The van der Waals surface area contributed by atoms with Crippen LogP contribution in [-0.2, 0) is 9.59 Å². The van der Waals surface area contributed by atoms with Gasteiger partial charge >= 0.3 is 0 Å². The van der Waals surface area contributed by atoms with Gasteiger partial charge in [0.25, 0.3) is 5.91 Å². The molecule has 1 atom stereocenters. The quantitative estimate of drug-likeness (QED) is 0.490. The van der Waals surface area contributed by atoms with Gasteiger partial charge in [0.05, 0.1) is 40.7 Å². The molecule has 3 aromatic rings. The summed E-state index contributed by atoms with van der Waals surface area (Å²) in [5.41, 5.74) is 4.49. The third-order valence-corrected chi connectivity index (χ3v) is 6.17. The van der Waals surface area contributed by atoms with Crippen molar-refractivity contribution in [2.24, 2.45) is 0 Å². The van der Waals surface area contributed by atoms with Gasteiger partial charge in [-0.1, -0.05) is 30.3 Å². The second kappa shape index (κ2) is 8.71. The fourth-order valence-corrected chi connectivity index (χ4v) is 4.47. The number of piperidine rings is 1. The van der Waals surface area contributed by atoms with E-state index in [1.807, 2.05) is 30.3 Å². The number of carbonyl (C=O) groups excluding carboxylic acids is 2. The van der Waals surface area contributed by atoms with Gasteiger partial charge in [0, 0.05) is 25.8 Å². The molecule has 4 heterocycles. The molecule has 33 heavy (non-hydrogen) atoms. The van der Waals surface area contributed by atoms with Crippen LogP contribution in [0.3, 0.4) is 0 Å². The summed E-state index contributed by atoms with van der Waals surface area (Å²) in [5.74, 6) is -1.20. The maximum atomic E-state index is 13.1. The molecule has 0 bridgehead atoms. The van der Waals surface area contributed by atoms with Crippen molar-refractivity contribution < 1.29 is 14.0 Å². The van der Waals surface area contributed by atoms with Gasteiger partial charge < -0.3 is 14.6 Å². The molecule has 1 amide bonds. The molecule has 2 aromatic heterocycles. The zero-order valence-electron chi connectivity index (χ0n) is 17.8.